The van der Waals surface area contributed by atoms with E-state index in [0.717, 1.165) is 25.7 Å². The molecule has 29 heavy (non-hydrogen) atoms. The number of alkyl carbamates (subject to hydrolysis) is 1. The van der Waals surface area contributed by atoms with Gasteiger partial charge in [-0.3, -0.25) is 0 Å². The second-order valence-corrected chi connectivity index (χ2v) is 9.78. The molecule has 1 aliphatic carbocycles. The largest absolute Gasteiger partial charge is 0.444 e. The van der Waals surface area contributed by atoms with Gasteiger partial charge in [0, 0.05) is 25.3 Å². The van der Waals surface area contributed by atoms with Gasteiger partial charge in [-0.25, -0.2) is 4.79 Å². The van der Waals surface area contributed by atoms with Crippen molar-refractivity contribution in [1.29, 1.82) is 0 Å². The Balaban J connectivity index is 1.63. The van der Waals surface area contributed by atoms with E-state index >= 15 is 0 Å². The SMILES string of the molecule is CCCCCC1(CC[C@H]2[C@H](NC(=O)OC(C)(C)C)CC3OC(O)C[C@@H]32)OCCO1. The number of carbonyl (C=O) groups is 1. The fourth-order valence-electron chi connectivity index (χ4n) is 5.13. The zero-order valence-electron chi connectivity index (χ0n) is 18.4. The van der Waals surface area contributed by atoms with E-state index in [1.807, 2.05) is 20.8 Å². The average Bonchev–Trinajstić information content (AvgIpc) is 3.27. The van der Waals surface area contributed by atoms with Crippen molar-refractivity contribution in [2.45, 2.75) is 109 Å². The smallest absolute Gasteiger partial charge is 0.407 e. The van der Waals surface area contributed by atoms with Gasteiger partial charge < -0.3 is 29.4 Å². The van der Waals surface area contributed by atoms with E-state index in [4.69, 9.17) is 18.9 Å². The molecule has 2 saturated heterocycles. The maximum atomic E-state index is 12.4. The molecule has 7 heteroatoms. The highest BCUT2D eigenvalue weighted by Crippen LogP contribution is 2.46. The fraction of sp³-hybridized carbons (Fsp3) is 0.955. The van der Waals surface area contributed by atoms with E-state index in [2.05, 4.69) is 12.2 Å². The number of aliphatic hydroxyl groups excluding tert-OH is 1. The lowest BCUT2D eigenvalue weighted by atomic mass is 9.85. The van der Waals surface area contributed by atoms with Gasteiger partial charge in [0.25, 0.3) is 0 Å². The van der Waals surface area contributed by atoms with Crippen molar-refractivity contribution in [1.82, 2.24) is 5.32 Å². The summed E-state index contributed by atoms with van der Waals surface area (Å²) in [4.78, 5) is 12.4. The van der Waals surface area contributed by atoms with Crippen LogP contribution in [0.15, 0.2) is 0 Å². The third-order valence-electron chi connectivity index (χ3n) is 6.37. The monoisotopic (exact) mass is 413 g/mol. The van der Waals surface area contributed by atoms with E-state index in [0.29, 0.717) is 26.1 Å². The minimum atomic E-state index is -0.701. The highest BCUT2D eigenvalue weighted by Gasteiger charge is 2.50. The number of carbonyl (C=O) groups excluding carboxylic acids is 1. The molecule has 5 atom stereocenters. The van der Waals surface area contributed by atoms with Crippen molar-refractivity contribution in [2.75, 3.05) is 13.2 Å². The number of aliphatic hydroxyl groups is 1. The van der Waals surface area contributed by atoms with Crippen LogP contribution in [-0.2, 0) is 18.9 Å². The van der Waals surface area contributed by atoms with Gasteiger partial charge in [0.2, 0.25) is 0 Å². The number of unbranched alkanes of at least 4 members (excludes halogenated alkanes) is 2. The molecule has 2 aliphatic heterocycles. The molecule has 1 saturated carbocycles. The van der Waals surface area contributed by atoms with Crippen LogP contribution in [-0.4, -0.2) is 54.2 Å². The Morgan fingerprint density at radius 3 is 2.55 bits per heavy atom. The van der Waals surface area contributed by atoms with Crippen LogP contribution in [0.5, 0.6) is 0 Å². The van der Waals surface area contributed by atoms with Crippen molar-refractivity contribution in [3.05, 3.63) is 0 Å². The summed E-state index contributed by atoms with van der Waals surface area (Å²) < 4.78 is 23.3. The Labute approximate surface area is 174 Å². The van der Waals surface area contributed by atoms with Crippen LogP contribution in [0.25, 0.3) is 0 Å². The predicted molar refractivity (Wildman–Crippen MR) is 108 cm³/mol. The molecule has 3 aliphatic rings. The number of nitrogens with one attached hydrogen (secondary N) is 1. The van der Waals surface area contributed by atoms with Gasteiger partial charge in [0.05, 0.1) is 19.3 Å². The van der Waals surface area contributed by atoms with Gasteiger partial charge in [-0.2, -0.15) is 0 Å². The Kier molecular flexibility index (Phi) is 7.46. The van der Waals surface area contributed by atoms with Gasteiger partial charge in [0.1, 0.15) is 5.60 Å². The van der Waals surface area contributed by atoms with Crippen molar-refractivity contribution in [2.24, 2.45) is 11.8 Å². The summed E-state index contributed by atoms with van der Waals surface area (Å²) >= 11 is 0. The first-order chi connectivity index (χ1) is 13.7. The Bertz CT molecular complexity index is 542. The normalized spacial score (nSPS) is 33.6. The van der Waals surface area contributed by atoms with Gasteiger partial charge in [-0.15, -0.1) is 0 Å². The lowest BCUT2D eigenvalue weighted by Gasteiger charge is -2.32. The molecule has 2 N–H and O–H groups in total. The molecule has 1 amide bonds. The lowest BCUT2D eigenvalue weighted by molar-refractivity contribution is -0.170. The Morgan fingerprint density at radius 2 is 1.90 bits per heavy atom. The molecule has 0 radical (unpaired) electrons. The summed E-state index contributed by atoms with van der Waals surface area (Å²) in [6.07, 6.45) is 6.22. The molecule has 7 nitrogen and oxygen atoms in total. The summed E-state index contributed by atoms with van der Waals surface area (Å²) in [7, 11) is 0. The zero-order valence-corrected chi connectivity index (χ0v) is 18.4. The van der Waals surface area contributed by atoms with Crippen LogP contribution in [0, 0.1) is 11.8 Å². The fourth-order valence-corrected chi connectivity index (χ4v) is 5.13. The van der Waals surface area contributed by atoms with E-state index in [1.165, 1.54) is 12.8 Å². The van der Waals surface area contributed by atoms with E-state index in [9.17, 15) is 9.90 Å². The highest BCUT2D eigenvalue weighted by molar-refractivity contribution is 5.68. The summed E-state index contributed by atoms with van der Waals surface area (Å²) in [5, 5.41) is 13.0. The minimum Gasteiger partial charge on any atom is -0.444 e. The standard InChI is InChI=1S/C22H39NO6/c1-5-6-7-9-22(26-11-12-27-22)10-8-15-16-13-19(24)28-18(16)14-17(15)23-20(25)29-21(2,3)4/h15-19,24H,5-14H2,1-4H3,(H,23,25)/t15-,16-,17-,18?,19?/m1/s1. The quantitative estimate of drug-likeness (QED) is 0.590. The Morgan fingerprint density at radius 1 is 1.17 bits per heavy atom. The van der Waals surface area contributed by atoms with E-state index < -0.39 is 17.7 Å². The summed E-state index contributed by atoms with van der Waals surface area (Å²) in [5.74, 6) is -0.0542. The third-order valence-corrected chi connectivity index (χ3v) is 6.37. The predicted octanol–water partition coefficient (Wildman–Crippen LogP) is 3.73. The molecule has 0 aromatic carbocycles. The molecule has 2 heterocycles. The molecule has 3 rings (SSSR count). The number of hydrogen-bond donors (Lipinski definition) is 2. The molecule has 0 aromatic heterocycles. The lowest BCUT2D eigenvalue weighted by Crippen LogP contribution is -2.43. The Hall–Kier alpha value is -0.890. The number of fused-ring (bicyclic) bond motifs is 1. The number of amides is 1. The minimum absolute atomic E-state index is 0.0172. The van der Waals surface area contributed by atoms with Crippen LogP contribution >= 0.6 is 0 Å². The van der Waals surface area contributed by atoms with Crippen molar-refractivity contribution >= 4 is 6.09 Å². The molecule has 2 unspecified atom stereocenters. The molecular weight excluding hydrogens is 374 g/mol. The number of rotatable bonds is 8. The molecule has 168 valence electrons. The molecule has 0 aromatic rings. The van der Waals surface area contributed by atoms with E-state index in [1.54, 1.807) is 0 Å². The van der Waals surface area contributed by atoms with Crippen LogP contribution in [0.3, 0.4) is 0 Å². The molecule has 3 fully saturated rings. The van der Waals surface area contributed by atoms with E-state index in [-0.39, 0.29) is 30.1 Å². The second-order valence-electron chi connectivity index (χ2n) is 9.78. The zero-order chi connectivity index (χ0) is 21.1. The topological polar surface area (TPSA) is 86.3 Å². The first-order valence-corrected chi connectivity index (χ1v) is 11.3. The number of hydrogen-bond acceptors (Lipinski definition) is 6. The summed E-state index contributed by atoms with van der Waals surface area (Å²) in [6.45, 7) is 9.07. The van der Waals surface area contributed by atoms with Crippen LogP contribution in [0.4, 0.5) is 4.79 Å². The van der Waals surface area contributed by atoms with Crippen LogP contribution in [0.1, 0.15) is 79.1 Å². The van der Waals surface area contributed by atoms with Gasteiger partial charge in [-0.1, -0.05) is 19.8 Å². The van der Waals surface area contributed by atoms with Gasteiger partial charge >= 0.3 is 6.09 Å². The van der Waals surface area contributed by atoms with Crippen molar-refractivity contribution in [3.63, 3.8) is 0 Å². The summed E-state index contributed by atoms with van der Waals surface area (Å²) in [5.41, 5.74) is -0.532. The molecule has 0 bridgehead atoms. The molecule has 0 spiro atoms. The third kappa shape index (κ3) is 6.06. The molecular formula is C22H39NO6. The van der Waals surface area contributed by atoms with Crippen molar-refractivity contribution < 1.29 is 28.8 Å². The van der Waals surface area contributed by atoms with Crippen molar-refractivity contribution in [3.8, 4) is 0 Å². The average molecular weight is 414 g/mol. The van der Waals surface area contributed by atoms with Gasteiger partial charge in [0.15, 0.2) is 12.1 Å². The van der Waals surface area contributed by atoms with Gasteiger partial charge in [-0.05, 0) is 51.9 Å². The summed E-state index contributed by atoms with van der Waals surface area (Å²) in [6, 6.07) is -0.0264. The van der Waals surface area contributed by atoms with Crippen LogP contribution < -0.4 is 5.32 Å². The first kappa shape index (κ1) is 22.8. The maximum Gasteiger partial charge on any atom is 0.407 e. The van der Waals surface area contributed by atoms with Crippen LogP contribution in [0.2, 0.25) is 0 Å². The second kappa shape index (κ2) is 9.50. The highest BCUT2D eigenvalue weighted by atomic mass is 16.7. The first-order valence-electron chi connectivity index (χ1n) is 11.3. The maximum absolute atomic E-state index is 12.4. The number of ether oxygens (including phenoxy) is 4.